The van der Waals surface area contributed by atoms with E-state index in [0.717, 1.165) is 29.2 Å². The van der Waals surface area contributed by atoms with E-state index in [1.807, 2.05) is 72.1 Å². The molecule has 1 aliphatic rings. The smallest absolute Gasteiger partial charge is 0.259 e. The summed E-state index contributed by atoms with van der Waals surface area (Å²) in [5.41, 5.74) is 3.57. The third-order valence-electron chi connectivity index (χ3n) is 5.24. The fourth-order valence-electron chi connectivity index (χ4n) is 3.69. The Balaban J connectivity index is 1.42. The van der Waals surface area contributed by atoms with Gasteiger partial charge in [0.05, 0.1) is 16.1 Å². The van der Waals surface area contributed by atoms with E-state index in [9.17, 15) is 9.59 Å². The number of thiophene rings is 1. The molecule has 2 amide bonds. The van der Waals surface area contributed by atoms with Crippen molar-refractivity contribution < 1.29 is 9.59 Å². The number of nitrogens with one attached hydrogen (secondary N) is 1. The normalized spacial score (nSPS) is 13.5. The predicted octanol–water partition coefficient (Wildman–Crippen LogP) is 4.98. The topological polar surface area (TPSA) is 67.2 Å². The molecule has 1 fully saturated rings. The molecular formula is C24H20N4O2S. The summed E-state index contributed by atoms with van der Waals surface area (Å²) in [6, 6.07) is 21.0. The average molecular weight is 429 g/mol. The highest BCUT2D eigenvalue weighted by Crippen LogP contribution is 2.29. The number of rotatable bonds is 5. The molecule has 0 spiro atoms. The number of hydrogen-bond donors (Lipinski definition) is 1. The number of nitrogens with zero attached hydrogens (tertiary/aromatic N) is 3. The highest BCUT2D eigenvalue weighted by Gasteiger charge is 2.22. The van der Waals surface area contributed by atoms with Crippen LogP contribution in [0, 0.1) is 0 Å². The Bertz CT molecular complexity index is 1210. The van der Waals surface area contributed by atoms with Crippen LogP contribution in [0.5, 0.6) is 0 Å². The van der Waals surface area contributed by atoms with Gasteiger partial charge in [-0.25, -0.2) is 4.68 Å². The molecule has 4 aromatic rings. The molecule has 0 radical (unpaired) electrons. The van der Waals surface area contributed by atoms with Gasteiger partial charge in [-0.05, 0) is 54.3 Å². The summed E-state index contributed by atoms with van der Waals surface area (Å²) in [6.07, 6.45) is 3.24. The van der Waals surface area contributed by atoms with Crippen LogP contribution in [0.25, 0.3) is 16.3 Å². The van der Waals surface area contributed by atoms with Crippen LogP contribution >= 0.6 is 11.3 Å². The van der Waals surface area contributed by atoms with Gasteiger partial charge in [0, 0.05) is 30.5 Å². The zero-order valence-corrected chi connectivity index (χ0v) is 17.5. The minimum atomic E-state index is -0.226. The summed E-state index contributed by atoms with van der Waals surface area (Å²) in [7, 11) is 0. The molecule has 5 rings (SSSR count). The van der Waals surface area contributed by atoms with E-state index in [4.69, 9.17) is 0 Å². The first kappa shape index (κ1) is 19.3. The third-order valence-corrected chi connectivity index (χ3v) is 6.12. The minimum absolute atomic E-state index is 0.144. The van der Waals surface area contributed by atoms with Crippen molar-refractivity contribution in [2.24, 2.45) is 0 Å². The van der Waals surface area contributed by atoms with Crippen molar-refractivity contribution in [3.63, 3.8) is 0 Å². The van der Waals surface area contributed by atoms with Crippen LogP contribution in [0.15, 0.2) is 78.3 Å². The minimum Gasteiger partial charge on any atom is -0.322 e. The quantitative estimate of drug-likeness (QED) is 0.487. The highest BCUT2D eigenvalue weighted by molar-refractivity contribution is 7.13. The lowest BCUT2D eigenvalue weighted by atomic mass is 10.2. The van der Waals surface area contributed by atoms with Gasteiger partial charge in [0.15, 0.2) is 0 Å². The lowest BCUT2D eigenvalue weighted by molar-refractivity contribution is -0.117. The third kappa shape index (κ3) is 3.87. The predicted molar refractivity (Wildman–Crippen MR) is 123 cm³/mol. The summed E-state index contributed by atoms with van der Waals surface area (Å²) in [5, 5.41) is 9.61. The van der Waals surface area contributed by atoms with Crippen LogP contribution in [-0.2, 0) is 4.79 Å². The number of para-hydroxylation sites is 1. The number of aromatic nitrogens is 2. The van der Waals surface area contributed by atoms with Gasteiger partial charge in [0.1, 0.15) is 5.69 Å². The van der Waals surface area contributed by atoms with Crippen molar-refractivity contribution in [2.45, 2.75) is 12.8 Å². The van der Waals surface area contributed by atoms with E-state index in [1.165, 1.54) is 0 Å². The summed E-state index contributed by atoms with van der Waals surface area (Å²) in [4.78, 5) is 27.8. The fourth-order valence-corrected chi connectivity index (χ4v) is 4.42. The Labute approximate surface area is 183 Å². The van der Waals surface area contributed by atoms with Crippen LogP contribution in [0.3, 0.4) is 0 Å². The molecule has 2 aromatic heterocycles. The number of benzene rings is 2. The zero-order chi connectivity index (χ0) is 21.2. The Hall–Kier alpha value is -3.71. The van der Waals surface area contributed by atoms with E-state index < -0.39 is 0 Å². The lowest BCUT2D eigenvalue weighted by Gasteiger charge is -2.16. The standard InChI is InChI=1S/C24H20N4O2S/c29-22-9-4-14-27(22)18-12-10-17(11-13-18)25-24(30)20-16-28(19-6-2-1-3-7-19)26-23(20)21-8-5-15-31-21/h1-3,5-8,10-13,15-16H,4,9,14H2,(H,25,30). The van der Waals surface area contributed by atoms with Gasteiger partial charge in [0.25, 0.3) is 5.91 Å². The van der Waals surface area contributed by atoms with Crippen LogP contribution in [0.1, 0.15) is 23.2 Å². The van der Waals surface area contributed by atoms with Crippen molar-refractivity contribution in [1.82, 2.24) is 9.78 Å². The van der Waals surface area contributed by atoms with Gasteiger partial charge in [-0.2, -0.15) is 5.10 Å². The maximum atomic E-state index is 13.1. The fraction of sp³-hybridized carbons (Fsp3) is 0.125. The van der Waals surface area contributed by atoms with Gasteiger partial charge < -0.3 is 10.2 Å². The first-order chi connectivity index (χ1) is 15.2. The van der Waals surface area contributed by atoms with E-state index in [-0.39, 0.29) is 11.8 Å². The van der Waals surface area contributed by atoms with Crippen LogP contribution in [-0.4, -0.2) is 28.1 Å². The number of carbonyl (C=O) groups excluding carboxylic acids is 2. The Morgan fingerprint density at radius 1 is 0.968 bits per heavy atom. The summed E-state index contributed by atoms with van der Waals surface area (Å²) in [5.74, 6) is -0.0821. The second-order valence-electron chi connectivity index (χ2n) is 7.30. The molecule has 1 aliphatic heterocycles. The van der Waals surface area contributed by atoms with Crippen LogP contribution in [0.2, 0.25) is 0 Å². The largest absolute Gasteiger partial charge is 0.322 e. The van der Waals surface area contributed by atoms with Gasteiger partial charge in [0.2, 0.25) is 5.91 Å². The van der Waals surface area contributed by atoms with Crippen molar-refractivity contribution in [3.05, 3.63) is 83.9 Å². The Kier molecular flexibility index (Phi) is 5.09. The number of anilines is 2. The van der Waals surface area contributed by atoms with Crippen molar-refractivity contribution in [2.75, 3.05) is 16.8 Å². The zero-order valence-electron chi connectivity index (χ0n) is 16.7. The molecule has 0 atom stereocenters. The maximum absolute atomic E-state index is 13.1. The highest BCUT2D eigenvalue weighted by atomic mass is 32.1. The first-order valence-corrected chi connectivity index (χ1v) is 11.0. The Morgan fingerprint density at radius 2 is 1.77 bits per heavy atom. The molecule has 31 heavy (non-hydrogen) atoms. The molecule has 0 saturated carbocycles. The first-order valence-electron chi connectivity index (χ1n) is 10.1. The molecule has 1 N–H and O–H groups in total. The lowest BCUT2D eigenvalue weighted by Crippen LogP contribution is -2.23. The monoisotopic (exact) mass is 428 g/mol. The Morgan fingerprint density at radius 3 is 2.45 bits per heavy atom. The van der Waals surface area contributed by atoms with E-state index in [1.54, 1.807) is 27.1 Å². The van der Waals surface area contributed by atoms with Gasteiger partial charge >= 0.3 is 0 Å². The van der Waals surface area contributed by atoms with Gasteiger partial charge in [-0.3, -0.25) is 9.59 Å². The van der Waals surface area contributed by atoms with Gasteiger partial charge in [-0.1, -0.05) is 24.3 Å². The van der Waals surface area contributed by atoms with E-state index >= 15 is 0 Å². The molecule has 0 aliphatic carbocycles. The summed E-state index contributed by atoms with van der Waals surface area (Å²) < 4.78 is 1.73. The molecule has 154 valence electrons. The van der Waals surface area contributed by atoms with Crippen molar-refractivity contribution in [3.8, 4) is 16.3 Å². The molecule has 3 heterocycles. The molecular weight excluding hydrogens is 408 g/mol. The van der Waals surface area contributed by atoms with Gasteiger partial charge in [-0.15, -0.1) is 11.3 Å². The molecule has 7 heteroatoms. The van der Waals surface area contributed by atoms with Crippen molar-refractivity contribution >= 4 is 34.5 Å². The SMILES string of the molecule is O=C(Nc1ccc(N2CCCC2=O)cc1)c1cn(-c2ccccc2)nc1-c1cccs1. The van der Waals surface area contributed by atoms with E-state index in [0.29, 0.717) is 23.4 Å². The maximum Gasteiger partial charge on any atom is 0.259 e. The molecule has 6 nitrogen and oxygen atoms in total. The van der Waals surface area contributed by atoms with Crippen molar-refractivity contribution in [1.29, 1.82) is 0 Å². The van der Waals surface area contributed by atoms with Crippen LogP contribution in [0.4, 0.5) is 11.4 Å². The molecule has 1 saturated heterocycles. The number of carbonyl (C=O) groups is 2. The number of amides is 2. The van der Waals surface area contributed by atoms with E-state index in [2.05, 4.69) is 10.4 Å². The average Bonchev–Trinajstić information content (AvgIpc) is 3.55. The molecule has 2 aromatic carbocycles. The molecule has 0 bridgehead atoms. The second kappa shape index (κ2) is 8.20. The molecule has 0 unspecified atom stereocenters. The second-order valence-corrected chi connectivity index (χ2v) is 8.25. The number of hydrogen-bond acceptors (Lipinski definition) is 4. The van der Waals surface area contributed by atoms with Crippen LogP contribution < -0.4 is 10.2 Å². The summed E-state index contributed by atoms with van der Waals surface area (Å²) >= 11 is 1.55. The summed E-state index contributed by atoms with van der Waals surface area (Å²) in [6.45, 7) is 0.743.